The van der Waals surface area contributed by atoms with Crippen LogP contribution in [0.5, 0.6) is 5.75 Å². The molecule has 1 unspecified atom stereocenters. The molecule has 33 heavy (non-hydrogen) atoms. The number of imide groups is 1. The normalized spacial score (nSPS) is 13.6. The number of hydrogen-bond donors (Lipinski definition) is 3. The van der Waals surface area contributed by atoms with Crippen LogP contribution >= 0.6 is 22.9 Å². The number of hydrogen-bond acceptors (Lipinski definition) is 6. The molecule has 10 heteroatoms. The zero-order chi connectivity index (χ0) is 23.7. The lowest BCUT2D eigenvalue weighted by Gasteiger charge is -2.16. The van der Waals surface area contributed by atoms with Crippen LogP contribution in [0.4, 0.5) is 5.69 Å². The molecule has 0 saturated carbocycles. The Kier molecular flexibility index (Phi) is 6.17. The average molecular weight is 483 g/mol. The van der Waals surface area contributed by atoms with Crippen LogP contribution in [0, 0.1) is 5.41 Å². The second kappa shape index (κ2) is 9.05. The van der Waals surface area contributed by atoms with Gasteiger partial charge in [0, 0.05) is 0 Å². The lowest BCUT2D eigenvalue weighted by Crippen LogP contribution is -2.30. The van der Waals surface area contributed by atoms with Crippen LogP contribution in [0.15, 0.2) is 54.6 Å². The van der Waals surface area contributed by atoms with E-state index in [4.69, 9.17) is 27.5 Å². The quantitative estimate of drug-likeness (QED) is 0.265. The fourth-order valence-corrected chi connectivity index (χ4v) is 4.31. The number of amidine groups is 1. The molecule has 4 rings (SSSR count). The van der Waals surface area contributed by atoms with E-state index in [-0.39, 0.29) is 29.2 Å². The van der Waals surface area contributed by atoms with E-state index in [1.165, 1.54) is 0 Å². The van der Waals surface area contributed by atoms with Crippen molar-refractivity contribution in [2.75, 3.05) is 5.32 Å². The summed E-state index contributed by atoms with van der Waals surface area (Å²) in [6.07, 6.45) is -0.607. The summed E-state index contributed by atoms with van der Waals surface area (Å²) in [7, 11) is 0. The second-order valence-corrected chi connectivity index (χ2v) is 9.06. The molecule has 3 aromatic rings. The van der Waals surface area contributed by atoms with Gasteiger partial charge in [-0.15, -0.1) is 11.3 Å². The lowest BCUT2D eigenvalue weighted by atomic mass is 10.1. The van der Waals surface area contributed by atoms with Crippen molar-refractivity contribution in [2.45, 2.75) is 19.6 Å². The Morgan fingerprint density at radius 3 is 2.64 bits per heavy atom. The number of anilines is 1. The first-order chi connectivity index (χ1) is 15.7. The van der Waals surface area contributed by atoms with Crippen molar-refractivity contribution in [3.63, 3.8) is 0 Å². The van der Waals surface area contributed by atoms with Gasteiger partial charge >= 0.3 is 0 Å². The Labute approximate surface area is 198 Å². The third-order valence-electron chi connectivity index (χ3n) is 5.03. The monoisotopic (exact) mass is 482 g/mol. The predicted octanol–water partition coefficient (Wildman–Crippen LogP) is 4.15. The number of halogens is 1. The van der Waals surface area contributed by atoms with Gasteiger partial charge in [0.1, 0.15) is 11.6 Å². The molecule has 0 fully saturated rings. The van der Waals surface area contributed by atoms with E-state index in [0.717, 1.165) is 16.2 Å². The van der Waals surface area contributed by atoms with Crippen molar-refractivity contribution in [1.29, 1.82) is 5.41 Å². The van der Waals surface area contributed by atoms with E-state index in [0.29, 0.717) is 20.5 Å². The zero-order valence-electron chi connectivity index (χ0n) is 17.4. The van der Waals surface area contributed by atoms with Crippen LogP contribution in [0.2, 0.25) is 4.34 Å². The molecule has 8 nitrogen and oxygen atoms in total. The van der Waals surface area contributed by atoms with Gasteiger partial charge in [-0.1, -0.05) is 29.8 Å². The molecular formula is C23H19ClN4O4S. The maximum absolute atomic E-state index is 13.2. The van der Waals surface area contributed by atoms with Gasteiger partial charge in [-0.25, -0.2) is 0 Å². The molecule has 0 spiro atoms. The van der Waals surface area contributed by atoms with Gasteiger partial charge < -0.3 is 15.8 Å². The summed E-state index contributed by atoms with van der Waals surface area (Å²) in [5, 5.41) is 10.2. The van der Waals surface area contributed by atoms with E-state index in [2.05, 4.69) is 5.32 Å². The number of carbonyl (C=O) groups excluding carboxylic acids is 3. The molecule has 1 atom stereocenters. The molecule has 0 saturated heterocycles. The molecule has 1 aliphatic heterocycles. The summed E-state index contributed by atoms with van der Waals surface area (Å²) in [5.41, 5.74) is 6.74. The highest BCUT2D eigenvalue weighted by molar-refractivity contribution is 7.18. The van der Waals surface area contributed by atoms with Gasteiger partial charge in [0.05, 0.1) is 32.6 Å². The molecule has 3 amide bonds. The molecule has 1 aliphatic rings. The number of nitrogens with zero attached hydrogens (tertiary/aromatic N) is 1. The van der Waals surface area contributed by atoms with E-state index < -0.39 is 23.8 Å². The first kappa shape index (κ1) is 22.5. The van der Waals surface area contributed by atoms with Crippen LogP contribution in [-0.2, 0) is 6.54 Å². The third-order valence-corrected chi connectivity index (χ3v) is 6.26. The maximum atomic E-state index is 13.2. The molecule has 4 N–H and O–H groups in total. The van der Waals surface area contributed by atoms with E-state index in [9.17, 15) is 14.4 Å². The minimum absolute atomic E-state index is 0.0198. The van der Waals surface area contributed by atoms with Gasteiger partial charge in [0.25, 0.3) is 17.7 Å². The number of nitrogens with two attached hydrogens (primary N) is 1. The molecular weight excluding hydrogens is 464 g/mol. The highest BCUT2D eigenvalue weighted by Gasteiger charge is 2.37. The minimum Gasteiger partial charge on any atom is -0.483 e. The Balaban J connectivity index is 1.56. The number of carbonyl (C=O) groups is 3. The lowest BCUT2D eigenvalue weighted by molar-refractivity contribution is 0.0642. The van der Waals surface area contributed by atoms with Crippen LogP contribution in [-0.4, -0.2) is 34.6 Å². The first-order valence-corrected chi connectivity index (χ1v) is 11.1. The number of ether oxygens (including phenoxy) is 1. The Morgan fingerprint density at radius 1 is 1.18 bits per heavy atom. The Hall–Kier alpha value is -3.69. The fraction of sp³-hybridized carbons (Fsp3) is 0.130. The summed E-state index contributed by atoms with van der Waals surface area (Å²) >= 11 is 7.02. The number of benzene rings is 2. The molecule has 1 aromatic heterocycles. The number of fused-ring (bicyclic) bond motifs is 1. The first-order valence-electron chi connectivity index (χ1n) is 9.90. The third kappa shape index (κ3) is 4.59. The number of nitrogens with one attached hydrogen (secondary N) is 2. The Morgan fingerprint density at radius 2 is 1.94 bits per heavy atom. The number of thiophene rings is 1. The number of amides is 3. The average Bonchev–Trinajstić information content (AvgIpc) is 3.32. The van der Waals surface area contributed by atoms with Crippen LogP contribution in [0.25, 0.3) is 0 Å². The molecule has 0 bridgehead atoms. The SMILES string of the molecule is CC(Oc1cccc(CN2C(=O)c3cccc(NC(=O)c4ccc(Cl)s4)c3C2=O)c1)C(=N)N. The van der Waals surface area contributed by atoms with Crippen LogP contribution < -0.4 is 15.8 Å². The summed E-state index contributed by atoms with van der Waals surface area (Å²) in [6, 6.07) is 14.8. The summed E-state index contributed by atoms with van der Waals surface area (Å²) in [5.74, 6) is -1.01. The smallest absolute Gasteiger partial charge is 0.265 e. The standard InChI is InChI=1S/C23H19ClN4O4S/c1-12(20(25)26)32-14-5-2-4-13(10-14)11-28-22(30)15-6-3-7-16(19(15)23(28)31)27-21(29)17-8-9-18(24)33-17/h2-10,12H,11H2,1H3,(H3,25,26)(H,27,29). The van der Waals surface area contributed by atoms with E-state index in [1.54, 1.807) is 61.5 Å². The maximum Gasteiger partial charge on any atom is 0.265 e. The molecule has 0 aliphatic carbocycles. The van der Waals surface area contributed by atoms with Gasteiger partial charge in [-0.2, -0.15) is 0 Å². The van der Waals surface area contributed by atoms with Crippen molar-refractivity contribution >= 4 is 52.2 Å². The van der Waals surface area contributed by atoms with Gasteiger partial charge in [0.15, 0.2) is 6.10 Å². The van der Waals surface area contributed by atoms with Crippen molar-refractivity contribution < 1.29 is 19.1 Å². The molecule has 168 valence electrons. The topological polar surface area (TPSA) is 126 Å². The van der Waals surface area contributed by atoms with Gasteiger partial charge in [-0.05, 0) is 48.9 Å². The zero-order valence-corrected chi connectivity index (χ0v) is 19.0. The summed E-state index contributed by atoms with van der Waals surface area (Å²) in [6.45, 7) is 1.67. The highest BCUT2D eigenvalue weighted by Crippen LogP contribution is 2.32. The van der Waals surface area contributed by atoms with E-state index in [1.807, 2.05) is 0 Å². The summed E-state index contributed by atoms with van der Waals surface area (Å²) < 4.78 is 6.08. The van der Waals surface area contributed by atoms with Gasteiger partial charge in [-0.3, -0.25) is 24.7 Å². The Bertz CT molecular complexity index is 1290. The van der Waals surface area contributed by atoms with Crippen molar-refractivity contribution in [3.8, 4) is 5.75 Å². The van der Waals surface area contributed by atoms with Crippen molar-refractivity contribution in [3.05, 3.63) is 80.5 Å². The van der Waals surface area contributed by atoms with Crippen LogP contribution in [0.3, 0.4) is 0 Å². The second-order valence-electron chi connectivity index (χ2n) is 7.35. The fourth-order valence-electron chi connectivity index (χ4n) is 3.37. The number of rotatable bonds is 7. The van der Waals surface area contributed by atoms with Crippen molar-refractivity contribution in [2.24, 2.45) is 5.73 Å². The van der Waals surface area contributed by atoms with Gasteiger partial charge in [0.2, 0.25) is 0 Å². The van der Waals surface area contributed by atoms with Crippen molar-refractivity contribution in [1.82, 2.24) is 4.90 Å². The largest absolute Gasteiger partial charge is 0.483 e. The highest BCUT2D eigenvalue weighted by atomic mass is 35.5. The predicted molar refractivity (Wildman–Crippen MR) is 126 cm³/mol. The van der Waals surface area contributed by atoms with Crippen LogP contribution in [0.1, 0.15) is 42.9 Å². The minimum atomic E-state index is -0.607. The summed E-state index contributed by atoms with van der Waals surface area (Å²) in [4.78, 5) is 40.2. The molecule has 0 radical (unpaired) electrons. The molecule has 2 heterocycles. The molecule has 2 aromatic carbocycles. The van der Waals surface area contributed by atoms with E-state index >= 15 is 0 Å².